The molecule has 0 aromatic carbocycles. The molecule has 1 N–H and O–H groups in total. The predicted molar refractivity (Wildman–Crippen MR) is 36.8 cm³/mol. The first-order valence-corrected chi connectivity index (χ1v) is 2.88. The van der Waals surface area contributed by atoms with E-state index in [2.05, 4.69) is 0 Å². The lowest BCUT2D eigenvalue weighted by molar-refractivity contribution is -0.152. The van der Waals surface area contributed by atoms with Gasteiger partial charge >= 0.3 is 5.97 Å². The second kappa shape index (κ2) is 2.56. The molecule has 54 valence electrons. The van der Waals surface area contributed by atoms with E-state index in [1.165, 1.54) is 0 Å². The zero-order valence-corrected chi connectivity index (χ0v) is 6.20. The number of carboxylic acid groups (broad SMARTS) is 1. The largest absolute Gasteiger partial charge is 0.481 e. The van der Waals surface area contributed by atoms with Crippen LogP contribution in [-0.2, 0) is 4.79 Å². The normalized spacial score (nSPS) is 21.4. The van der Waals surface area contributed by atoms with Crippen molar-refractivity contribution >= 4 is 18.4 Å². The van der Waals surface area contributed by atoms with E-state index in [0.717, 1.165) is 19.3 Å². The third-order valence-corrected chi connectivity index (χ3v) is 1.97. The summed E-state index contributed by atoms with van der Waals surface area (Å²) in [4.78, 5) is 10.3. The topological polar surface area (TPSA) is 37.3 Å². The highest BCUT2D eigenvalue weighted by Crippen LogP contribution is 2.40. The highest BCUT2D eigenvalue weighted by Gasteiger charge is 2.38. The van der Waals surface area contributed by atoms with Crippen LogP contribution in [0, 0.1) is 5.41 Å². The van der Waals surface area contributed by atoms with Crippen molar-refractivity contribution in [2.45, 2.75) is 26.2 Å². The van der Waals surface area contributed by atoms with E-state index in [1.807, 2.05) is 0 Å². The van der Waals surface area contributed by atoms with Crippen LogP contribution in [0.15, 0.2) is 0 Å². The summed E-state index contributed by atoms with van der Waals surface area (Å²) in [5.41, 5.74) is -0.361. The van der Waals surface area contributed by atoms with Gasteiger partial charge in [0.2, 0.25) is 0 Å². The van der Waals surface area contributed by atoms with E-state index in [4.69, 9.17) is 5.11 Å². The molecule has 0 spiro atoms. The minimum absolute atomic E-state index is 0. The Morgan fingerprint density at radius 2 is 2.00 bits per heavy atom. The number of hydrogen-bond donors (Lipinski definition) is 1. The average Bonchev–Trinajstić information content (AvgIpc) is 1.60. The molecule has 2 nitrogen and oxygen atoms in total. The first kappa shape index (κ1) is 8.76. The SMILES string of the molecule is CC1(C(=O)O)CCC1.Cl. The summed E-state index contributed by atoms with van der Waals surface area (Å²) in [6.45, 7) is 1.80. The lowest BCUT2D eigenvalue weighted by atomic mass is 9.71. The van der Waals surface area contributed by atoms with Gasteiger partial charge in [0, 0.05) is 0 Å². The molecular weight excluding hydrogens is 140 g/mol. The first-order valence-electron chi connectivity index (χ1n) is 2.88. The molecule has 9 heavy (non-hydrogen) atoms. The molecule has 0 saturated heterocycles. The van der Waals surface area contributed by atoms with Crippen LogP contribution >= 0.6 is 12.4 Å². The summed E-state index contributed by atoms with van der Waals surface area (Å²) in [5.74, 6) is -0.635. The molecule has 0 heterocycles. The fourth-order valence-corrected chi connectivity index (χ4v) is 0.921. The first-order chi connectivity index (χ1) is 3.65. The number of carbonyl (C=O) groups is 1. The maximum atomic E-state index is 10.3. The van der Waals surface area contributed by atoms with Gasteiger partial charge in [-0.15, -0.1) is 12.4 Å². The van der Waals surface area contributed by atoms with Crippen molar-refractivity contribution in [1.82, 2.24) is 0 Å². The Hall–Kier alpha value is -0.240. The summed E-state index contributed by atoms with van der Waals surface area (Å²) in [6, 6.07) is 0. The van der Waals surface area contributed by atoms with Gasteiger partial charge in [0.05, 0.1) is 5.41 Å². The zero-order valence-electron chi connectivity index (χ0n) is 5.39. The smallest absolute Gasteiger partial charge is 0.309 e. The van der Waals surface area contributed by atoms with Gasteiger partial charge < -0.3 is 5.11 Å². The number of aliphatic carboxylic acids is 1. The second-order valence-electron chi connectivity index (χ2n) is 2.72. The van der Waals surface area contributed by atoms with Gasteiger partial charge in [-0.1, -0.05) is 6.42 Å². The predicted octanol–water partition coefficient (Wildman–Crippen LogP) is 1.68. The summed E-state index contributed by atoms with van der Waals surface area (Å²) in [5, 5.41) is 8.49. The van der Waals surface area contributed by atoms with Crippen molar-refractivity contribution in [3.8, 4) is 0 Å². The quantitative estimate of drug-likeness (QED) is 0.618. The van der Waals surface area contributed by atoms with Crippen molar-refractivity contribution in [1.29, 1.82) is 0 Å². The van der Waals surface area contributed by atoms with E-state index >= 15 is 0 Å². The maximum Gasteiger partial charge on any atom is 0.309 e. The molecule has 0 radical (unpaired) electrons. The van der Waals surface area contributed by atoms with E-state index in [-0.39, 0.29) is 17.8 Å². The van der Waals surface area contributed by atoms with Gasteiger partial charge in [0.25, 0.3) is 0 Å². The van der Waals surface area contributed by atoms with E-state index in [9.17, 15) is 4.79 Å². The molecule has 3 heteroatoms. The number of rotatable bonds is 1. The molecule has 1 aliphatic rings. The summed E-state index contributed by atoms with van der Waals surface area (Å²) in [6.07, 6.45) is 2.81. The average molecular weight is 151 g/mol. The van der Waals surface area contributed by atoms with Crippen molar-refractivity contribution in [3.63, 3.8) is 0 Å². The molecule has 0 unspecified atom stereocenters. The fraction of sp³-hybridized carbons (Fsp3) is 0.833. The highest BCUT2D eigenvalue weighted by molar-refractivity contribution is 5.85. The van der Waals surface area contributed by atoms with Gasteiger partial charge in [-0.2, -0.15) is 0 Å². The third-order valence-electron chi connectivity index (χ3n) is 1.97. The standard InChI is InChI=1S/C6H10O2.ClH/c1-6(5(7)8)3-2-4-6;/h2-4H2,1H3,(H,7,8);1H. The Kier molecular flexibility index (Phi) is 2.50. The van der Waals surface area contributed by atoms with Crippen LogP contribution in [0.4, 0.5) is 0 Å². The monoisotopic (exact) mass is 150 g/mol. The molecule has 0 aliphatic heterocycles. The van der Waals surface area contributed by atoms with Crippen LogP contribution in [0.2, 0.25) is 0 Å². The Labute approximate surface area is 60.7 Å². The van der Waals surface area contributed by atoms with E-state index in [0.29, 0.717) is 0 Å². The Morgan fingerprint density at radius 3 is 2.00 bits per heavy atom. The number of carboxylic acids is 1. The van der Waals surface area contributed by atoms with Crippen molar-refractivity contribution in [2.75, 3.05) is 0 Å². The van der Waals surface area contributed by atoms with Crippen LogP contribution in [0.3, 0.4) is 0 Å². The van der Waals surface area contributed by atoms with Crippen LogP contribution in [0.5, 0.6) is 0 Å². The van der Waals surface area contributed by atoms with E-state index in [1.54, 1.807) is 6.92 Å². The molecule has 0 bridgehead atoms. The van der Waals surface area contributed by atoms with Crippen LogP contribution < -0.4 is 0 Å². The molecular formula is C6H11ClO2. The maximum absolute atomic E-state index is 10.3. The Bertz CT molecular complexity index is 118. The van der Waals surface area contributed by atoms with Gasteiger partial charge in [-0.3, -0.25) is 4.79 Å². The lowest BCUT2D eigenvalue weighted by Gasteiger charge is -2.33. The molecule has 0 aromatic heterocycles. The van der Waals surface area contributed by atoms with Gasteiger partial charge in [0.1, 0.15) is 0 Å². The van der Waals surface area contributed by atoms with Gasteiger partial charge in [-0.25, -0.2) is 0 Å². The highest BCUT2D eigenvalue weighted by atomic mass is 35.5. The number of halogens is 1. The summed E-state index contributed by atoms with van der Waals surface area (Å²) >= 11 is 0. The van der Waals surface area contributed by atoms with Gasteiger partial charge in [-0.05, 0) is 19.8 Å². The van der Waals surface area contributed by atoms with Crippen molar-refractivity contribution < 1.29 is 9.90 Å². The molecule has 1 aliphatic carbocycles. The Balaban J connectivity index is 0.000000640. The number of hydrogen-bond acceptors (Lipinski definition) is 1. The van der Waals surface area contributed by atoms with Crippen molar-refractivity contribution in [3.05, 3.63) is 0 Å². The van der Waals surface area contributed by atoms with Crippen molar-refractivity contribution in [2.24, 2.45) is 5.41 Å². The molecule has 1 fully saturated rings. The second-order valence-corrected chi connectivity index (χ2v) is 2.72. The molecule has 1 saturated carbocycles. The zero-order chi connectivity index (χ0) is 6.20. The molecule has 0 amide bonds. The molecule has 0 atom stereocenters. The molecule has 1 rings (SSSR count). The van der Waals surface area contributed by atoms with Crippen LogP contribution in [0.25, 0.3) is 0 Å². The minimum Gasteiger partial charge on any atom is -0.481 e. The summed E-state index contributed by atoms with van der Waals surface area (Å²) in [7, 11) is 0. The molecule has 0 aromatic rings. The lowest BCUT2D eigenvalue weighted by Crippen LogP contribution is -2.34. The minimum atomic E-state index is -0.635. The van der Waals surface area contributed by atoms with Crippen LogP contribution in [0.1, 0.15) is 26.2 Å². The Morgan fingerprint density at radius 1 is 1.56 bits per heavy atom. The van der Waals surface area contributed by atoms with Gasteiger partial charge in [0.15, 0.2) is 0 Å². The fourth-order valence-electron chi connectivity index (χ4n) is 0.921. The third kappa shape index (κ3) is 1.36. The van der Waals surface area contributed by atoms with E-state index < -0.39 is 5.97 Å². The van der Waals surface area contributed by atoms with Crippen LogP contribution in [-0.4, -0.2) is 11.1 Å². The summed E-state index contributed by atoms with van der Waals surface area (Å²) < 4.78 is 0.